The fourth-order valence-corrected chi connectivity index (χ4v) is 6.28. The Balaban J connectivity index is 1.89. The molecule has 0 heterocycles. The van der Waals surface area contributed by atoms with E-state index in [1.54, 1.807) is 45.2 Å². The van der Waals surface area contributed by atoms with E-state index in [9.17, 15) is 39.6 Å². The molecular formula is C28H35N5O8. The van der Waals surface area contributed by atoms with Gasteiger partial charge in [-0.1, -0.05) is 6.08 Å². The third-order valence-electron chi connectivity index (χ3n) is 8.03. The summed E-state index contributed by atoms with van der Waals surface area (Å²) in [5.41, 5.74) is 2.24. The first kappa shape index (κ1) is 29.8. The van der Waals surface area contributed by atoms with Crippen LogP contribution in [0.3, 0.4) is 0 Å². The van der Waals surface area contributed by atoms with Gasteiger partial charge in [-0.15, -0.1) is 6.58 Å². The number of phenols is 1. The number of phenolic OH excluding ortho intramolecular Hbond substituents is 1. The van der Waals surface area contributed by atoms with Gasteiger partial charge in [0, 0.05) is 37.8 Å². The second-order valence-electron chi connectivity index (χ2n) is 11.0. The SMILES string of the molecule is C=CCNCC(=O)Nc1cc(N(C)C)c2c(c1O)C(=O)C1=C(O)[C@]3(O)C(=O)C(C(N)=O)=C(O)[C@@H](N(C)C)C3CC1C2. The summed E-state index contributed by atoms with van der Waals surface area (Å²) in [7, 11) is 6.59. The van der Waals surface area contributed by atoms with Gasteiger partial charge in [0.2, 0.25) is 11.7 Å². The first-order valence-electron chi connectivity index (χ1n) is 13.0. The maximum atomic E-state index is 14.0. The standard InChI is InChI=1S/C28H35N5O8/c1-6-7-30-11-17(34)31-15-10-16(32(2)3)13-8-12-9-14-21(33(4)5)24(37)20(27(29)40)26(39)28(14,41)25(38)18(12)23(36)19(13)22(15)35/h6,10,12,14,21,30,35,37-38,41H,1,7-9,11H2,2-5H3,(H2,29,40)(H,31,34)/t12?,14?,21-,28-/m0/s1. The molecular weight excluding hydrogens is 534 g/mol. The number of nitrogens with two attached hydrogens (primary N) is 1. The van der Waals surface area contributed by atoms with E-state index < -0.39 is 69.7 Å². The van der Waals surface area contributed by atoms with E-state index in [-0.39, 0.29) is 36.2 Å². The Kier molecular flexibility index (Phi) is 7.74. The lowest BCUT2D eigenvalue weighted by Crippen LogP contribution is -2.63. The summed E-state index contributed by atoms with van der Waals surface area (Å²) in [6.45, 7) is 3.85. The molecule has 1 aromatic rings. The number of carbonyl (C=O) groups excluding carboxylic acids is 4. The first-order chi connectivity index (χ1) is 19.2. The van der Waals surface area contributed by atoms with E-state index in [1.807, 2.05) is 0 Å². The largest absolute Gasteiger partial charge is 0.510 e. The molecule has 0 bridgehead atoms. The number of nitrogens with one attached hydrogen (secondary N) is 2. The molecule has 8 N–H and O–H groups in total. The van der Waals surface area contributed by atoms with Crippen LogP contribution in [0.5, 0.6) is 5.75 Å². The molecule has 13 nitrogen and oxygen atoms in total. The number of aliphatic hydroxyl groups excluding tert-OH is 2. The minimum Gasteiger partial charge on any atom is -0.510 e. The van der Waals surface area contributed by atoms with Crippen LogP contribution in [0.25, 0.3) is 0 Å². The Morgan fingerprint density at radius 3 is 2.41 bits per heavy atom. The highest BCUT2D eigenvalue weighted by Crippen LogP contribution is 2.53. The fraction of sp³-hybridized carbons (Fsp3) is 0.429. The number of anilines is 2. The van der Waals surface area contributed by atoms with Gasteiger partial charge in [0.15, 0.2) is 17.1 Å². The van der Waals surface area contributed by atoms with Crippen LogP contribution in [-0.2, 0) is 20.8 Å². The van der Waals surface area contributed by atoms with Crippen molar-refractivity contribution < 1.29 is 39.6 Å². The van der Waals surface area contributed by atoms with E-state index in [2.05, 4.69) is 17.2 Å². The molecule has 0 saturated carbocycles. The van der Waals surface area contributed by atoms with E-state index in [1.165, 1.54) is 4.90 Å². The number of benzene rings is 1. The van der Waals surface area contributed by atoms with Crippen molar-refractivity contribution in [2.45, 2.75) is 24.5 Å². The molecule has 2 amide bonds. The fourth-order valence-electron chi connectivity index (χ4n) is 6.28. The predicted molar refractivity (Wildman–Crippen MR) is 150 cm³/mol. The monoisotopic (exact) mass is 569 g/mol. The van der Waals surface area contributed by atoms with E-state index >= 15 is 0 Å². The Morgan fingerprint density at radius 2 is 1.85 bits per heavy atom. The number of likely N-dealkylation sites (N-methyl/N-ethyl adjacent to an activating group) is 1. The summed E-state index contributed by atoms with van der Waals surface area (Å²) < 4.78 is 0. The van der Waals surface area contributed by atoms with Gasteiger partial charge in [0.25, 0.3) is 5.91 Å². The van der Waals surface area contributed by atoms with Crippen LogP contribution in [0.15, 0.2) is 41.4 Å². The molecule has 1 aromatic carbocycles. The summed E-state index contributed by atoms with van der Waals surface area (Å²) in [5.74, 6) is -7.86. The zero-order valence-electron chi connectivity index (χ0n) is 23.3. The van der Waals surface area contributed by atoms with Gasteiger partial charge in [-0.3, -0.25) is 24.1 Å². The number of hydrogen-bond donors (Lipinski definition) is 7. The van der Waals surface area contributed by atoms with Crippen molar-refractivity contribution in [1.82, 2.24) is 10.2 Å². The number of hydrogen-bond acceptors (Lipinski definition) is 11. The lowest BCUT2D eigenvalue weighted by Gasteiger charge is -2.50. The van der Waals surface area contributed by atoms with Crippen molar-refractivity contribution in [2.75, 3.05) is 51.5 Å². The van der Waals surface area contributed by atoms with Gasteiger partial charge < -0.3 is 41.7 Å². The number of nitrogens with zero attached hydrogens (tertiary/aromatic N) is 2. The molecule has 2 unspecified atom stereocenters. The van der Waals surface area contributed by atoms with Crippen molar-refractivity contribution in [3.05, 3.63) is 52.5 Å². The highest BCUT2D eigenvalue weighted by atomic mass is 16.3. The average Bonchev–Trinajstić information content (AvgIpc) is 2.87. The minimum atomic E-state index is -2.73. The Bertz CT molecular complexity index is 1430. The van der Waals surface area contributed by atoms with Crippen LogP contribution >= 0.6 is 0 Å². The van der Waals surface area contributed by atoms with Crippen molar-refractivity contribution in [3.8, 4) is 5.75 Å². The molecule has 0 fully saturated rings. The van der Waals surface area contributed by atoms with Crippen LogP contribution in [0.4, 0.5) is 11.4 Å². The maximum Gasteiger partial charge on any atom is 0.255 e. The quantitative estimate of drug-likeness (QED) is 0.0952. The van der Waals surface area contributed by atoms with E-state index in [4.69, 9.17) is 5.73 Å². The highest BCUT2D eigenvalue weighted by Gasteiger charge is 2.63. The van der Waals surface area contributed by atoms with Crippen molar-refractivity contribution in [3.63, 3.8) is 0 Å². The summed E-state index contributed by atoms with van der Waals surface area (Å²) >= 11 is 0. The molecule has 0 saturated heterocycles. The number of rotatable bonds is 8. The molecule has 13 heteroatoms. The van der Waals surface area contributed by atoms with Crippen LogP contribution < -0.4 is 21.3 Å². The summed E-state index contributed by atoms with van der Waals surface area (Å²) in [5, 5.41) is 50.7. The highest BCUT2D eigenvalue weighted by molar-refractivity contribution is 6.25. The van der Waals surface area contributed by atoms with Gasteiger partial charge in [-0.2, -0.15) is 0 Å². The number of fused-ring (bicyclic) bond motifs is 3. The number of amides is 2. The van der Waals surface area contributed by atoms with Crippen LogP contribution in [-0.4, -0.2) is 102 Å². The zero-order chi connectivity index (χ0) is 30.5. The van der Waals surface area contributed by atoms with Gasteiger partial charge in [-0.25, -0.2) is 0 Å². The van der Waals surface area contributed by atoms with E-state index in [0.29, 0.717) is 17.8 Å². The lowest BCUT2D eigenvalue weighted by molar-refractivity contribution is -0.148. The average molecular weight is 570 g/mol. The summed E-state index contributed by atoms with van der Waals surface area (Å²) in [6.07, 6.45) is 1.69. The predicted octanol–water partition coefficient (Wildman–Crippen LogP) is -0.0993. The molecule has 0 aromatic heterocycles. The Morgan fingerprint density at radius 1 is 1.20 bits per heavy atom. The number of allylic oxidation sites excluding steroid dienone is 1. The second kappa shape index (κ2) is 10.7. The molecule has 3 aliphatic rings. The molecule has 0 aliphatic heterocycles. The summed E-state index contributed by atoms with van der Waals surface area (Å²) in [6, 6.07) is 0.468. The van der Waals surface area contributed by atoms with Crippen molar-refractivity contribution >= 4 is 34.8 Å². The maximum absolute atomic E-state index is 14.0. The molecule has 0 radical (unpaired) electrons. The van der Waals surface area contributed by atoms with Crippen molar-refractivity contribution in [2.24, 2.45) is 17.6 Å². The third-order valence-corrected chi connectivity index (χ3v) is 8.03. The van der Waals surface area contributed by atoms with Gasteiger partial charge in [-0.05, 0) is 44.5 Å². The molecule has 220 valence electrons. The Labute approximate surface area is 236 Å². The molecule has 0 spiro atoms. The smallest absolute Gasteiger partial charge is 0.255 e. The number of ketones is 2. The summed E-state index contributed by atoms with van der Waals surface area (Å²) in [4.78, 5) is 55.3. The van der Waals surface area contributed by atoms with Gasteiger partial charge in [0.1, 0.15) is 17.1 Å². The third kappa shape index (κ3) is 4.55. The topological polar surface area (TPSA) is 206 Å². The number of primary amides is 1. The normalized spacial score (nSPS) is 25.5. The first-order valence-corrected chi connectivity index (χ1v) is 13.0. The second-order valence-corrected chi connectivity index (χ2v) is 11.0. The Hall–Kier alpha value is -4.20. The van der Waals surface area contributed by atoms with Crippen LogP contribution in [0.1, 0.15) is 22.3 Å². The minimum absolute atomic E-state index is 0.0210. The number of aromatic hydroxyl groups is 1. The van der Waals surface area contributed by atoms with Crippen LogP contribution in [0.2, 0.25) is 0 Å². The van der Waals surface area contributed by atoms with E-state index in [0.717, 1.165) is 0 Å². The number of aliphatic hydroxyl groups is 3. The van der Waals surface area contributed by atoms with Gasteiger partial charge in [0.05, 0.1) is 23.8 Å². The van der Waals surface area contributed by atoms with Gasteiger partial charge >= 0.3 is 0 Å². The molecule has 41 heavy (non-hydrogen) atoms. The molecule has 3 aliphatic carbocycles. The molecule has 4 rings (SSSR count). The zero-order valence-corrected chi connectivity index (χ0v) is 23.3. The number of carbonyl (C=O) groups is 4. The van der Waals surface area contributed by atoms with Crippen molar-refractivity contribution in [1.29, 1.82) is 0 Å². The van der Waals surface area contributed by atoms with Crippen LogP contribution in [0, 0.1) is 11.8 Å². The molecule has 4 atom stereocenters. The lowest BCUT2D eigenvalue weighted by atomic mass is 9.58. The number of Topliss-reactive ketones (excluding diaryl/α,β-unsaturated/α-hetero) is 2.